The van der Waals surface area contributed by atoms with Crippen LogP contribution in [0.25, 0.3) is 0 Å². The monoisotopic (exact) mass is 462 g/mol. The molecule has 0 amide bonds. The molecule has 144 valence electrons. The summed E-state index contributed by atoms with van der Waals surface area (Å²) < 4.78 is 5.18. The lowest BCUT2D eigenvalue weighted by Crippen LogP contribution is -2.44. The van der Waals surface area contributed by atoms with Gasteiger partial charge >= 0.3 is 0 Å². The van der Waals surface area contributed by atoms with E-state index in [4.69, 9.17) is 9.73 Å². The number of likely N-dealkylation sites (N-methyl/N-ethyl adjacent to an activating group) is 1. The van der Waals surface area contributed by atoms with Crippen LogP contribution in [0.1, 0.15) is 37.9 Å². The SMILES string of the molecule is CCNC(=NCC(c1ccc(CC)cc1)N(C)C)NC(C)COC.I. The first-order chi connectivity index (χ1) is 11.5. The summed E-state index contributed by atoms with van der Waals surface area (Å²) in [5, 5.41) is 6.68. The quantitative estimate of drug-likeness (QED) is 0.337. The summed E-state index contributed by atoms with van der Waals surface area (Å²) in [5.74, 6) is 0.832. The van der Waals surface area contributed by atoms with Crippen molar-refractivity contribution in [2.24, 2.45) is 4.99 Å². The number of nitrogens with zero attached hydrogens (tertiary/aromatic N) is 2. The second-order valence-electron chi connectivity index (χ2n) is 6.29. The third kappa shape index (κ3) is 8.87. The molecule has 1 aromatic rings. The molecule has 0 aromatic heterocycles. The third-order valence-electron chi connectivity index (χ3n) is 3.96. The zero-order chi connectivity index (χ0) is 17.9. The van der Waals surface area contributed by atoms with Crippen molar-refractivity contribution in [3.05, 3.63) is 35.4 Å². The largest absolute Gasteiger partial charge is 0.383 e. The molecular formula is C19H35IN4O. The number of benzene rings is 1. The fourth-order valence-electron chi connectivity index (χ4n) is 2.57. The van der Waals surface area contributed by atoms with E-state index in [2.05, 4.69) is 74.7 Å². The number of nitrogens with one attached hydrogen (secondary N) is 2. The van der Waals surface area contributed by atoms with Gasteiger partial charge in [-0.2, -0.15) is 0 Å². The topological polar surface area (TPSA) is 48.9 Å². The first-order valence-corrected chi connectivity index (χ1v) is 8.80. The van der Waals surface area contributed by atoms with E-state index >= 15 is 0 Å². The number of rotatable bonds is 9. The highest BCUT2D eigenvalue weighted by molar-refractivity contribution is 14.0. The number of guanidine groups is 1. The molecule has 25 heavy (non-hydrogen) atoms. The van der Waals surface area contributed by atoms with Crippen LogP contribution in [-0.2, 0) is 11.2 Å². The molecule has 6 heteroatoms. The molecule has 0 saturated carbocycles. The molecule has 1 rings (SSSR count). The van der Waals surface area contributed by atoms with Crippen LogP contribution >= 0.6 is 24.0 Å². The molecule has 5 nitrogen and oxygen atoms in total. The van der Waals surface area contributed by atoms with E-state index in [-0.39, 0.29) is 36.1 Å². The van der Waals surface area contributed by atoms with Crippen molar-refractivity contribution >= 4 is 29.9 Å². The van der Waals surface area contributed by atoms with Crippen LogP contribution in [0, 0.1) is 0 Å². The molecule has 0 fully saturated rings. The molecule has 2 atom stereocenters. The van der Waals surface area contributed by atoms with Gasteiger partial charge in [-0.05, 0) is 45.5 Å². The van der Waals surface area contributed by atoms with Crippen LogP contribution in [0.3, 0.4) is 0 Å². The Kier molecular flexibility index (Phi) is 12.9. The van der Waals surface area contributed by atoms with E-state index in [1.54, 1.807) is 7.11 Å². The van der Waals surface area contributed by atoms with Gasteiger partial charge in [0.25, 0.3) is 0 Å². The van der Waals surface area contributed by atoms with Gasteiger partial charge in [0.1, 0.15) is 0 Å². The Morgan fingerprint density at radius 2 is 1.84 bits per heavy atom. The molecule has 0 spiro atoms. The van der Waals surface area contributed by atoms with E-state index in [1.807, 2.05) is 0 Å². The summed E-state index contributed by atoms with van der Waals surface area (Å²) in [5.41, 5.74) is 2.66. The van der Waals surface area contributed by atoms with Gasteiger partial charge in [-0.3, -0.25) is 4.99 Å². The Morgan fingerprint density at radius 3 is 2.32 bits per heavy atom. The highest BCUT2D eigenvalue weighted by Gasteiger charge is 2.14. The van der Waals surface area contributed by atoms with E-state index in [0.29, 0.717) is 13.2 Å². The maximum Gasteiger partial charge on any atom is 0.191 e. The summed E-state index contributed by atoms with van der Waals surface area (Å²) in [6, 6.07) is 9.32. The number of hydrogen-bond donors (Lipinski definition) is 2. The Labute approximate surface area is 170 Å². The standard InChI is InChI=1S/C19H34N4O.HI/c1-7-16-9-11-17(12-10-16)18(23(4)5)13-21-19(20-8-2)22-15(3)14-24-6;/h9-12,15,18H,7-8,13-14H2,1-6H3,(H2,20,21,22);1H. The molecule has 0 bridgehead atoms. The maximum atomic E-state index is 5.18. The highest BCUT2D eigenvalue weighted by atomic mass is 127. The molecule has 0 aliphatic carbocycles. The summed E-state index contributed by atoms with van der Waals surface area (Å²) in [4.78, 5) is 6.99. The molecule has 2 unspecified atom stereocenters. The van der Waals surface area contributed by atoms with Gasteiger partial charge < -0.3 is 20.3 Å². The maximum absolute atomic E-state index is 5.18. The van der Waals surface area contributed by atoms with Crippen LogP contribution in [0.15, 0.2) is 29.3 Å². The lowest BCUT2D eigenvalue weighted by molar-refractivity contribution is 0.179. The Hall–Kier alpha value is -0.860. The van der Waals surface area contributed by atoms with Crippen molar-refractivity contribution < 1.29 is 4.74 Å². The van der Waals surface area contributed by atoms with Crippen molar-refractivity contribution in [2.45, 2.75) is 39.3 Å². The second kappa shape index (κ2) is 13.4. The number of aliphatic imine (C=N–C) groups is 1. The normalized spacial score (nSPS) is 14.0. The van der Waals surface area contributed by atoms with Crippen molar-refractivity contribution in [1.29, 1.82) is 0 Å². The van der Waals surface area contributed by atoms with E-state index in [1.165, 1.54) is 11.1 Å². The minimum Gasteiger partial charge on any atom is -0.383 e. The van der Waals surface area contributed by atoms with Gasteiger partial charge in [0.05, 0.1) is 19.2 Å². The average molecular weight is 462 g/mol. The average Bonchev–Trinajstić information content (AvgIpc) is 2.55. The Balaban J connectivity index is 0.00000576. The van der Waals surface area contributed by atoms with E-state index < -0.39 is 0 Å². The zero-order valence-corrected chi connectivity index (χ0v) is 18.8. The van der Waals surface area contributed by atoms with Crippen molar-refractivity contribution in [2.75, 3.05) is 40.9 Å². The zero-order valence-electron chi connectivity index (χ0n) is 16.5. The van der Waals surface area contributed by atoms with Gasteiger partial charge in [-0.15, -0.1) is 24.0 Å². The summed E-state index contributed by atoms with van der Waals surface area (Å²) >= 11 is 0. The molecule has 1 aromatic carbocycles. The number of halogens is 1. The first-order valence-electron chi connectivity index (χ1n) is 8.80. The predicted molar refractivity (Wildman–Crippen MR) is 118 cm³/mol. The minimum absolute atomic E-state index is 0. The number of methoxy groups -OCH3 is 1. The number of ether oxygens (including phenoxy) is 1. The molecular weight excluding hydrogens is 427 g/mol. The lowest BCUT2D eigenvalue weighted by Gasteiger charge is -2.24. The van der Waals surface area contributed by atoms with Crippen LogP contribution in [-0.4, -0.2) is 57.8 Å². The van der Waals surface area contributed by atoms with Crippen LogP contribution in [0.4, 0.5) is 0 Å². The summed E-state index contributed by atoms with van der Waals surface area (Å²) in [6.45, 7) is 8.53. The van der Waals surface area contributed by atoms with Crippen molar-refractivity contribution in [3.8, 4) is 0 Å². The van der Waals surface area contributed by atoms with Crippen molar-refractivity contribution in [3.63, 3.8) is 0 Å². The summed E-state index contributed by atoms with van der Waals surface area (Å²) in [7, 11) is 5.91. The van der Waals surface area contributed by atoms with Crippen LogP contribution < -0.4 is 10.6 Å². The summed E-state index contributed by atoms with van der Waals surface area (Å²) in [6.07, 6.45) is 1.07. The second-order valence-corrected chi connectivity index (χ2v) is 6.29. The predicted octanol–water partition coefficient (Wildman–Crippen LogP) is 3.06. The molecule has 0 aliphatic heterocycles. The van der Waals surface area contributed by atoms with Gasteiger partial charge in [0.2, 0.25) is 0 Å². The third-order valence-corrected chi connectivity index (χ3v) is 3.96. The highest BCUT2D eigenvalue weighted by Crippen LogP contribution is 2.19. The fraction of sp³-hybridized carbons (Fsp3) is 0.632. The van der Waals surface area contributed by atoms with Crippen LogP contribution in [0.5, 0.6) is 0 Å². The molecule has 0 saturated heterocycles. The lowest BCUT2D eigenvalue weighted by atomic mass is 10.0. The molecule has 0 radical (unpaired) electrons. The van der Waals surface area contributed by atoms with Gasteiger partial charge in [0, 0.05) is 19.7 Å². The van der Waals surface area contributed by atoms with E-state index in [9.17, 15) is 0 Å². The smallest absolute Gasteiger partial charge is 0.191 e. The number of aryl methyl sites for hydroxylation is 1. The Morgan fingerprint density at radius 1 is 1.20 bits per heavy atom. The molecule has 2 N–H and O–H groups in total. The fourth-order valence-corrected chi connectivity index (χ4v) is 2.57. The van der Waals surface area contributed by atoms with Gasteiger partial charge in [-0.25, -0.2) is 0 Å². The van der Waals surface area contributed by atoms with Gasteiger partial charge in [-0.1, -0.05) is 31.2 Å². The van der Waals surface area contributed by atoms with Crippen molar-refractivity contribution in [1.82, 2.24) is 15.5 Å². The number of hydrogen-bond acceptors (Lipinski definition) is 3. The first kappa shape index (κ1) is 24.1. The van der Waals surface area contributed by atoms with Crippen LogP contribution in [0.2, 0.25) is 0 Å². The molecule has 0 heterocycles. The van der Waals surface area contributed by atoms with E-state index in [0.717, 1.165) is 18.9 Å². The molecule has 0 aliphatic rings. The minimum atomic E-state index is 0. The Bertz CT molecular complexity index is 491. The van der Waals surface area contributed by atoms with Gasteiger partial charge in [0.15, 0.2) is 5.96 Å².